The number of hydrogen-bond acceptors (Lipinski definition) is 4. The van der Waals surface area contributed by atoms with Gasteiger partial charge in [-0.25, -0.2) is 0 Å². The molecule has 3 heterocycles. The fourth-order valence-electron chi connectivity index (χ4n) is 4.96. The molecule has 0 spiro atoms. The van der Waals surface area contributed by atoms with Crippen molar-refractivity contribution in [2.24, 2.45) is 7.05 Å². The molecule has 2 aliphatic rings. The highest BCUT2D eigenvalue weighted by atomic mass is 16.2. The van der Waals surface area contributed by atoms with Gasteiger partial charge in [0.1, 0.15) is 11.8 Å². The van der Waals surface area contributed by atoms with Gasteiger partial charge in [-0.2, -0.15) is 5.10 Å². The molecule has 178 valence electrons. The summed E-state index contributed by atoms with van der Waals surface area (Å²) in [7, 11) is 1.90. The van der Waals surface area contributed by atoms with E-state index in [0.717, 1.165) is 27.9 Å². The summed E-state index contributed by atoms with van der Waals surface area (Å²) >= 11 is 0. The molecule has 5 rings (SSSR count). The summed E-state index contributed by atoms with van der Waals surface area (Å²) in [6.45, 7) is 4.23. The van der Waals surface area contributed by atoms with E-state index in [2.05, 4.69) is 17.0 Å². The fourth-order valence-corrected chi connectivity index (χ4v) is 4.96. The zero-order chi connectivity index (χ0) is 24.5. The minimum absolute atomic E-state index is 0.108. The van der Waals surface area contributed by atoms with Gasteiger partial charge in [0, 0.05) is 49.5 Å². The molecule has 7 nitrogen and oxygen atoms in total. The Hall–Kier alpha value is -4.00. The lowest BCUT2D eigenvalue weighted by Crippen LogP contribution is -2.49. The van der Waals surface area contributed by atoms with Gasteiger partial charge in [-0.05, 0) is 54.2 Å². The molecule has 0 bridgehead atoms. The van der Waals surface area contributed by atoms with Gasteiger partial charge < -0.3 is 10.2 Å². The second-order valence-corrected chi connectivity index (χ2v) is 9.33. The lowest BCUT2D eigenvalue weighted by Gasteiger charge is -2.30. The monoisotopic (exact) mass is 468 g/mol. The quantitative estimate of drug-likeness (QED) is 0.575. The number of nitrogens with one attached hydrogen (secondary N) is 1. The van der Waals surface area contributed by atoms with Crippen molar-refractivity contribution in [3.05, 3.63) is 89.3 Å². The molecule has 1 aromatic heterocycles. The van der Waals surface area contributed by atoms with Crippen molar-refractivity contribution in [1.29, 1.82) is 0 Å². The molecule has 2 aliphatic heterocycles. The van der Waals surface area contributed by atoms with Crippen LogP contribution in [0, 0.1) is 0 Å². The first kappa shape index (κ1) is 22.8. The summed E-state index contributed by atoms with van der Waals surface area (Å²) in [6.07, 6.45) is 4.45. The predicted octanol–water partition coefficient (Wildman–Crippen LogP) is 3.58. The SMILES string of the molecule is C=C1CCC(N2Cc3cc(CCC(=O)Cc4cccc(-c5ccnn5C)c4)ccc3C2=O)C(=O)N1. The number of ketones is 1. The maximum Gasteiger partial charge on any atom is 0.255 e. The third-order valence-corrected chi connectivity index (χ3v) is 6.84. The van der Waals surface area contributed by atoms with Gasteiger partial charge in [-0.3, -0.25) is 19.1 Å². The first-order chi connectivity index (χ1) is 16.9. The molecule has 2 aromatic carbocycles. The number of hydrogen-bond donors (Lipinski definition) is 1. The fraction of sp³-hybridized carbons (Fsp3) is 0.286. The molecule has 7 heteroatoms. The van der Waals surface area contributed by atoms with E-state index in [1.54, 1.807) is 11.1 Å². The molecule has 1 saturated heterocycles. The highest BCUT2D eigenvalue weighted by molar-refractivity contribution is 6.01. The molecule has 1 atom stereocenters. The van der Waals surface area contributed by atoms with Crippen LogP contribution >= 0.6 is 0 Å². The van der Waals surface area contributed by atoms with Crippen LogP contribution < -0.4 is 5.32 Å². The smallest absolute Gasteiger partial charge is 0.255 e. The van der Waals surface area contributed by atoms with Crippen molar-refractivity contribution in [3.63, 3.8) is 0 Å². The maximum absolute atomic E-state index is 12.9. The number of carbonyl (C=O) groups is 3. The Labute approximate surface area is 204 Å². The number of amides is 2. The van der Waals surface area contributed by atoms with Crippen LogP contribution in [0.5, 0.6) is 0 Å². The zero-order valence-electron chi connectivity index (χ0n) is 19.8. The summed E-state index contributed by atoms with van der Waals surface area (Å²) in [5.41, 5.74) is 6.32. The van der Waals surface area contributed by atoms with Gasteiger partial charge in [0.05, 0.1) is 5.69 Å². The van der Waals surface area contributed by atoms with Crippen molar-refractivity contribution in [1.82, 2.24) is 20.0 Å². The average Bonchev–Trinajstić information content (AvgIpc) is 3.41. The van der Waals surface area contributed by atoms with Crippen LogP contribution in [0.15, 0.2) is 67.0 Å². The number of piperidine rings is 1. The molecule has 35 heavy (non-hydrogen) atoms. The second kappa shape index (κ2) is 9.33. The van der Waals surface area contributed by atoms with Crippen LogP contribution in [0.2, 0.25) is 0 Å². The molecule has 0 saturated carbocycles. The number of rotatable bonds is 7. The van der Waals surface area contributed by atoms with E-state index in [9.17, 15) is 14.4 Å². The Morgan fingerprint density at radius 2 is 2.00 bits per heavy atom. The molecular weight excluding hydrogens is 440 g/mol. The Morgan fingerprint density at radius 1 is 1.14 bits per heavy atom. The van der Waals surface area contributed by atoms with Crippen molar-refractivity contribution >= 4 is 17.6 Å². The van der Waals surface area contributed by atoms with Gasteiger partial charge in [0.15, 0.2) is 0 Å². The van der Waals surface area contributed by atoms with Crippen LogP contribution in [0.3, 0.4) is 0 Å². The summed E-state index contributed by atoms with van der Waals surface area (Å²) in [6, 6.07) is 15.2. The predicted molar refractivity (Wildman–Crippen MR) is 132 cm³/mol. The van der Waals surface area contributed by atoms with E-state index < -0.39 is 6.04 Å². The van der Waals surface area contributed by atoms with E-state index in [0.29, 0.717) is 49.9 Å². The number of Topliss-reactive ketones (excluding diaryl/α,β-unsaturated/α-hetero) is 1. The largest absolute Gasteiger partial charge is 0.329 e. The summed E-state index contributed by atoms with van der Waals surface area (Å²) in [4.78, 5) is 39.7. The van der Waals surface area contributed by atoms with E-state index >= 15 is 0 Å². The van der Waals surface area contributed by atoms with Crippen molar-refractivity contribution < 1.29 is 14.4 Å². The summed E-state index contributed by atoms with van der Waals surface area (Å²) in [5, 5.41) is 6.98. The molecule has 1 fully saturated rings. The molecule has 1 N–H and O–H groups in total. The third kappa shape index (κ3) is 4.67. The maximum atomic E-state index is 12.9. The van der Waals surface area contributed by atoms with E-state index in [1.165, 1.54) is 0 Å². The summed E-state index contributed by atoms with van der Waals surface area (Å²) < 4.78 is 1.82. The number of aromatic nitrogens is 2. The topological polar surface area (TPSA) is 84.3 Å². The number of aryl methyl sites for hydroxylation is 2. The molecule has 1 unspecified atom stereocenters. The van der Waals surface area contributed by atoms with Crippen LogP contribution in [0.4, 0.5) is 0 Å². The van der Waals surface area contributed by atoms with Crippen molar-refractivity contribution in [2.45, 2.75) is 44.7 Å². The number of allylic oxidation sites excluding steroid dienone is 1. The van der Waals surface area contributed by atoms with Gasteiger partial charge in [0.25, 0.3) is 5.91 Å². The van der Waals surface area contributed by atoms with Gasteiger partial charge in [-0.15, -0.1) is 0 Å². The normalized spacial score (nSPS) is 17.5. The lowest BCUT2D eigenvalue weighted by molar-refractivity contribution is -0.126. The standard InChI is InChI=1S/C28H28N4O3/c1-18-6-11-26(27(34)30-18)32-17-22-14-19(8-10-24(22)28(32)35)7-9-23(33)16-20-4-3-5-21(15-20)25-12-13-29-31(25)2/h3-5,8,10,12-15,26H,1,6-7,9,11,16-17H2,2H3,(H,30,34). The highest BCUT2D eigenvalue weighted by Gasteiger charge is 2.38. The van der Waals surface area contributed by atoms with E-state index in [1.807, 2.05) is 60.3 Å². The third-order valence-electron chi connectivity index (χ3n) is 6.84. The van der Waals surface area contributed by atoms with E-state index in [-0.39, 0.29) is 17.6 Å². The van der Waals surface area contributed by atoms with Crippen LogP contribution in [-0.4, -0.2) is 38.3 Å². The minimum atomic E-state index is -0.465. The number of nitrogens with zero attached hydrogens (tertiary/aromatic N) is 3. The van der Waals surface area contributed by atoms with Crippen LogP contribution in [0.1, 0.15) is 46.3 Å². The van der Waals surface area contributed by atoms with E-state index in [4.69, 9.17) is 0 Å². The molecule has 0 aliphatic carbocycles. The number of benzene rings is 2. The Kier molecular flexibility index (Phi) is 6.07. The molecule has 2 amide bonds. The first-order valence-corrected chi connectivity index (χ1v) is 11.9. The van der Waals surface area contributed by atoms with Crippen LogP contribution in [0.25, 0.3) is 11.3 Å². The van der Waals surface area contributed by atoms with Gasteiger partial charge in [0.2, 0.25) is 5.91 Å². The molecule has 3 aromatic rings. The zero-order valence-corrected chi connectivity index (χ0v) is 19.8. The Bertz CT molecular complexity index is 1340. The number of fused-ring (bicyclic) bond motifs is 1. The lowest BCUT2D eigenvalue weighted by atomic mass is 9.98. The molecule has 0 radical (unpaired) electrons. The van der Waals surface area contributed by atoms with Crippen LogP contribution in [-0.2, 0) is 36.0 Å². The first-order valence-electron chi connectivity index (χ1n) is 11.9. The highest BCUT2D eigenvalue weighted by Crippen LogP contribution is 2.29. The number of carbonyl (C=O) groups excluding carboxylic acids is 3. The Morgan fingerprint density at radius 3 is 2.77 bits per heavy atom. The van der Waals surface area contributed by atoms with Gasteiger partial charge >= 0.3 is 0 Å². The minimum Gasteiger partial charge on any atom is -0.329 e. The second-order valence-electron chi connectivity index (χ2n) is 9.33. The average molecular weight is 469 g/mol. The van der Waals surface area contributed by atoms with Gasteiger partial charge in [-0.1, -0.05) is 36.9 Å². The molecular formula is C28H28N4O3. The van der Waals surface area contributed by atoms with Crippen molar-refractivity contribution in [3.8, 4) is 11.3 Å². The Balaban J connectivity index is 1.20. The summed E-state index contributed by atoms with van der Waals surface area (Å²) in [5.74, 6) is -0.103. The van der Waals surface area contributed by atoms with Crippen molar-refractivity contribution in [2.75, 3.05) is 0 Å².